The number of hydrogen-bond donors (Lipinski definition) is 2. The highest BCUT2D eigenvalue weighted by Crippen LogP contribution is 2.20. The average Bonchev–Trinajstić information content (AvgIpc) is 2.83. The first kappa shape index (κ1) is 22.1. The van der Waals surface area contributed by atoms with Crippen molar-refractivity contribution in [1.82, 2.24) is 30.0 Å². The van der Waals surface area contributed by atoms with Gasteiger partial charge in [-0.25, -0.2) is 4.79 Å². The number of nitrogens with zero attached hydrogens (tertiary/aromatic N) is 5. The number of carbonyl (C=O) groups is 2. The second-order valence-corrected chi connectivity index (χ2v) is 8.72. The van der Waals surface area contributed by atoms with Crippen LogP contribution in [0.2, 0.25) is 0 Å². The molecular weight excluding hydrogens is 434 g/mol. The molecule has 0 radical (unpaired) electrons. The number of aromatic nitrogens is 4. The van der Waals surface area contributed by atoms with Gasteiger partial charge >= 0.3 is 5.69 Å². The highest BCUT2D eigenvalue weighted by molar-refractivity contribution is 7.98. The van der Waals surface area contributed by atoms with Crippen molar-refractivity contribution in [2.24, 2.45) is 0 Å². The molecule has 32 heavy (non-hydrogen) atoms. The van der Waals surface area contributed by atoms with E-state index in [0.29, 0.717) is 49.6 Å². The zero-order chi connectivity index (χ0) is 22.5. The number of H-pyrrole nitrogens is 1. The van der Waals surface area contributed by atoms with E-state index in [-0.39, 0.29) is 36.9 Å². The number of carbonyl (C=O) groups excluding carboxylic acids is 2. The molecule has 12 heteroatoms. The normalized spacial score (nSPS) is 15.9. The van der Waals surface area contributed by atoms with Crippen molar-refractivity contribution in [3.8, 4) is 0 Å². The third-order valence-corrected chi connectivity index (χ3v) is 6.64. The summed E-state index contributed by atoms with van der Waals surface area (Å²) < 4.78 is 1.48. The number of hydrogen-bond acceptors (Lipinski definition) is 8. The van der Waals surface area contributed by atoms with Gasteiger partial charge in [-0.05, 0) is 24.3 Å². The molecule has 1 saturated heterocycles. The molecule has 11 nitrogen and oxygen atoms in total. The van der Waals surface area contributed by atoms with E-state index in [9.17, 15) is 19.2 Å². The second-order valence-electron chi connectivity index (χ2n) is 7.62. The van der Waals surface area contributed by atoms with Gasteiger partial charge in [-0.15, -0.1) is 5.10 Å². The van der Waals surface area contributed by atoms with Crippen LogP contribution >= 0.6 is 11.8 Å². The summed E-state index contributed by atoms with van der Waals surface area (Å²) >= 11 is 1.65. The number of anilines is 1. The lowest BCUT2D eigenvalue weighted by atomic mass is 10.2. The second kappa shape index (κ2) is 9.98. The molecular formula is C20H25N7O4S. The maximum atomic E-state index is 12.5. The van der Waals surface area contributed by atoms with Crippen molar-refractivity contribution in [2.75, 3.05) is 43.4 Å². The first-order valence-corrected chi connectivity index (χ1v) is 11.7. The Hall–Kier alpha value is -3.15. The quantitative estimate of drug-likeness (QED) is 0.560. The maximum Gasteiger partial charge on any atom is 0.328 e. The van der Waals surface area contributed by atoms with E-state index in [1.54, 1.807) is 22.9 Å². The van der Waals surface area contributed by atoms with Gasteiger partial charge in [-0.3, -0.25) is 23.9 Å². The molecule has 1 fully saturated rings. The van der Waals surface area contributed by atoms with Gasteiger partial charge in [0.1, 0.15) is 0 Å². The molecule has 4 heterocycles. The van der Waals surface area contributed by atoms with Gasteiger partial charge in [0.2, 0.25) is 11.8 Å². The number of nitrogens with one attached hydrogen (secondary N) is 2. The predicted molar refractivity (Wildman–Crippen MR) is 120 cm³/mol. The Bertz CT molecular complexity index is 1090. The van der Waals surface area contributed by atoms with E-state index < -0.39 is 5.69 Å². The van der Waals surface area contributed by atoms with E-state index >= 15 is 0 Å². The van der Waals surface area contributed by atoms with E-state index in [2.05, 4.69) is 25.4 Å². The SMILES string of the molecule is O=C(CCn1c2c(c(=O)[nH]c1=O)CSCC2)NCC(=O)N1CCN(c2cccnn2)CC1. The molecule has 2 aromatic rings. The van der Waals surface area contributed by atoms with Crippen LogP contribution in [0.3, 0.4) is 0 Å². The number of rotatable bonds is 6. The van der Waals surface area contributed by atoms with Crippen molar-refractivity contribution in [3.05, 3.63) is 50.4 Å². The van der Waals surface area contributed by atoms with Crippen LogP contribution < -0.4 is 21.5 Å². The maximum absolute atomic E-state index is 12.5. The smallest absolute Gasteiger partial charge is 0.328 e. The Labute approximate surface area is 188 Å². The first-order chi connectivity index (χ1) is 15.5. The molecule has 0 aliphatic carbocycles. The molecule has 0 saturated carbocycles. The summed E-state index contributed by atoms with van der Waals surface area (Å²) in [6.07, 6.45) is 2.30. The summed E-state index contributed by atoms with van der Waals surface area (Å²) in [5.74, 6) is 1.73. The number of fused-ring (bicyclic) bond motifs is 1. The minimum absolute atomic E-state index is 0.0548. The van der Waals surface area contributed by atoms with E-state index in [0.717, 1.165) is 11.6 Å². The monoisotopic (exact) mass is 459 g/mol. The van der Waals surface area contributed by atoms with Gasteiger partial charge in [0.15, 0.2) is 5.82 Å². The van der Waals surface area contributed by atoms with Crippen LogP contribution in [0.1, 0.15) is 17.7 Å². The molecule has 0 aromatic carbocycles. The Morgan fingerprint density at radius 2 is 2.00 bits per heavy atom. The number of piperazine rings is 1. The molecule has 2 aliphatic rings. The number of aromatic amines is 1. The van der Waals surface area contributed by atoms with Gasteiger partial charge in [-0.2, -0.15) is 16.9 Å². The Morgan fingerprint density at radius 3 is 2.75 bits per heavy atom. The zero-order valence-electron chi connectivity index (χ0n) is 17.6. The minimum atomic E-state index is -0.495. The third-order valence-electron chi connectivity index (χ3n) is 5.66. The summed E-state index contributed by atoms with van der Waals surface area (Å²) in [4.78, 5) is 55.1. The fourth-order valence-electron chi connectivity index (χ4n) is 3.91. The van der Waals surface area contributed by atoms with Crippen LogP contribution in [0.5, 0.6) is 0 Å². The Morgan fingerprint density at radius 1 is 1.19 bits per heavy atom. The predicted octanol–water partition coefficient (Wildman–Crippen LogP) is -1.03. The van der Waals surface area contributed by atoms with E-state index in [1.807, 2.05) is 12.1 Å². The molecule has 0 atom stereocenters. The molecule has 4 rings (SSSR count). The standard InChI is InChI=1S/C20H25N7O4S/c28-17(3-6-27-15-4-11-32-13-14(15)19(30)23-20(27)31)21-12-18(29)26-9-7-25(8-10-26)16-2-1-5-22-24-16/h1-2,5H,3-4,6-13H2,(H,21,28)(H,23,30,31). The fourth-order valence-corrected chi connectivity index (χ4v) is 4.89. The topological polar surface area (TPSA) is 133 Å². The molecule has 2 aliphatic heterocycles. The van der Waals surface area contributed by atoms with Crippen molar-refractivity contribution >= 4 is 29.4 Å². The summed E-state index contributed by atoms with van der Waals surface area (Å²) in [6.45, 7) is 2.47. The third kappa shape index (κ3) is 5.01. The number of amides is 2. The summed E-state index contributed by atoms with van der Waals surface area (Å²) in [6, 6.07) is 3.71. The van der Waals surface area contributed by atoms with Gasteiger partial charge in [0.25, 0.3) is 5.56 Å². The molecule has 2 aromatic heterocycles. The van der Waals surface area contributed by atoms with Gasteiger partial charge in [0.05, 0.1) is 6.54 Å². The van der Waals surface area contributed by atoms with Gasteiger partial charge in [0, 0.05) is 62.4 Å². The van der Waals surface area contributed by atoms with Crippen LogP contribution in [-0.2, 0) is 28.3 Å². The van der Waals surface area contributed by atoms with Gasteiger partial charge in [-0.1, -0.05) is 0 Å². The Balaban J connectivity index is 1.25. The summed E-state index contributed by atoms with van der Waals surface area (Å²) in [5, 5.41) is 10.6. The fraction of sp³-hybridized carbons (Fsp3) is 0.500. The van der Waals surface area contributed by atoms with E-state index in [1.165, 1.54) is 4.57 Å². The largest absolute Gasteiger partial charge is 0.352 e. The highest BCUT2D eigenvalue weighted by atomic mass is 32.2. The minimum Gasteiger partial charge on any atom is -0.352 e. The molecule has 0 bridgehead atoms. The zero-order valence-corrected chi connectivity index (χ0v) is 18.4. The lowest BCUT2D eigenvalue weighted by Gasteiger charge is -2.35. The van der Waals surface area contributed by atoms with Crippen LogP contribution in [0.4, 0.5) is 5.82 Å². The van der Waals surface area contributed by atoms with Crippen LogP contribution in [0.25, 0.3) is 0 Å². The van der Waals surface area contributed by atoms with Crippen molar-refractivity contribution in [3.63, 3.8) is 0 Å². The molecule has 170 valence electrons. The van der Waals surface area contributed by atoms with Gasteiger partial charge < -0.3 is 15.1 Å². The summed E-state index contributed by atoms with van der Waals surface area (Å²) in [7, 11) is 0. The molecule has 0 unspecified atom stereocenters. The van der Waals surface area contributed by atoms with Crippen LogP contribution in [-0.4, -0.2) is 74.9 Å². The Kier molecular flexibility index (Phi) is 6.88. The van der Waals surface area contributed by atoms with Crippen molar-refractivity contribution < 1.29 is 9.59 Å². The highest BCUT2D eigenvalue weighted by Gasteiger charge is 2.23. The van der Waals surface area contributed by atoms with Crippen molar-refractivity contribution in [1.29, 1.82) is 0 Å². The van der Waals surface area contributed by atoms with Crippen LogP contribution in [0, 0.1) is 0 Å². The van der Waals surface area contributed by atoms with E-state index in [4.69, 9.17) is 0 Å². The van der Waals surface area contributed by atoms with Crippen LogP contribution in [0.15, 0.2) is 27.9 Å². The average molecular weight is 460 g/mol. The lowest BCUT2D eigenvalue weighted by Crippen LogP contribution is -2.51. The summed E-state index contributed by atoms with van der Waals surface area (Å²) in [5.41, 5.74) is 0.479. The molecule has 2 N–H and O–H groups in total. The lowest BCUT2D eigenvalue weighted by molar-refractivity contribution is -0.133. The number of thioether (sulfide) groups is 1. The van der Waals surface area contributed by atoms with Crippen molar-refractivity contribution in [2.45, 2.75) is 25.1 Å². The molecule has 0 spiro atoms. The first-order valence-electron chi connectivity index (χ1n) is 10.5. The molecule has 2 amide bonds.